The van der Waals surface area contributed by atoms with E-state index in [1.807, 2.05) is 0 Å². The number of ether oxygens (including phenoxy) is 2. The van der Waals surface area contributed by atoms with E-state index >= 15 is 4.39 Å². The third kappa shape index (κ3) is 3.18. The quantitative estimate of drug-likeness (QED) is 0.376. The summed E-state index contributed by atoms with van der Waals surface area (Å²) >= 11 is 0. The van der Waals surface area contributed by atoms with Crippen LogP contribution in [0.1, 0.15) is 11.4 Å². The molecule has 1 aliphatic heterocycles. The third-order valence-electron chi connectivity index (χ3n) is 5.32. The highest BCUT2D eigenvalue weighted by Gasteiger charge is 2.31. The first-order valence-corrected chi connectivity index (χ1v) is 9.70. The van der Waals surface area contributed by atoms with Gasteiger partial charge in [-0.3, -0.25) is 0 Å². The highest BCUT2D eigenvalue weighted by atomic mass is 19.1. The van der Waals surface area contributed by atoms with E-state index in [0.29, 0.717) is 44.8 Å². The molecule has 0 spiro atoms. The minimum Gasteiger partial charge on any atom is -0.472 e. The maximum Gasteiger partial charge on any atom is 0.327 e. The molecule has 0 aliphatic carbocycles. The average molecular weight is 425 g/mol. The summed E-state index contributed by atoms with van der Waals surface area (Å²) in [5.74, 6) is 0.749. The summed E-state index contributed by atoms with van der Waals surface area (Å²) in [7, 11) is 1.71. The minimum atomic E-state index is -0.730. The second-order valence-corrected chi connectivity index (χ2v) is 7.32. The van der Waals surface area contributed by atoms with E-state index in [9.17, 15) is 5.11 Å². The van der Waals surface area contributed by atoms with Gasteiger partial charge in [-0.2, -0.15) is 9.97 Å². The van der Waals surface area contributed by atoms with Crippen molar-refractivity contribution in [1.82, 2.24) is 24.9 Å². The molecule has 2 unspecified atom stereocenters. The van der Waals surface area contributed by atoms with Crippen LogP contribution in [0.4, 0.5) is 10.1 Å². The topological polar surface area (TPSA) is 144 Å². The highest BCUT2D eigenvalue weighted by molar-refractivity contribution is 6.14. The maximum absolute atomic E-state index is 15.0. The van der Waals surface area contributed by atoms with Gasteiger partial charge in [0.05, 0.1) is 41.6 Å². The molecule has 31 heavy (non-hydrogen) atoms. The van der Waals surface area contributed by atoms with Gasteiger partial charge in [0, 0.05) is 24.4 Å². The molecular formula is C20H20FN7O3. The van der Waals surface area contributed by atoms with Crippen LogP contribution >= 0.6 is 0 Å². The van der Waals surface area contributed by atoms with Crippen LogP contribution in [-0.4, -0.2) is 55.8 Å². The number of aromatic amines is 1. The number of aliphatic hydroxyl groups is 1. The van der Waals surface area contributed by atoms with Gasteiger partial charge in [0.25, 0.3) is 0 Å². The first-order valence-electron chi connectivity index (χ1n) is 9.70. The summed E-state index contributed by atoms with van der Waals surface area (Å²) in [5, 5.41) is 13.7. The largest absolute Gasteiger partial charge is 0.472 e. The summed E-state index contributed by atoms with van der Waals surface area (Å²) in [5.41, 5.74) is 8.14. The Kier molecular flexibility index (Phi) is 4.56. The molecule has 1 aliphatic rings. The van der Waals surface area contributed by atoms with E-state index < -0.39 is 18.0 Å². The summed E-state index contributed by atoms with van der Waals surface area (Å²) in [4.78, 5) is 20.3. The molecule has 0 amide bonds. The molecule has 4 heterocycles. The lowest BCUT2D eigenvalue weighted by molar-refractivity contribution is 0.126. The number of aromatic nitrogens is 5. The van der Waals surface area contributed by atoms with Crippen molar-refractivity contribution in [1.29, 1.82) is 0 Å². The number of hydrogen-bond acceptors (Lipinski definition) is 9. The average Bonchev–Trinajstić information content (AvgIpc) is 3.05. The summed E-state index contributed by atoms with van der Waals surface area (Å²) in [6.45, 7) is 1.44. The van der Waals surface area contributed by atoms with Gasteiger partial charge in [0.2, 0.25) is 5.88 Å². The van der Waals surface area contributed by atoms with Gasteiger partial charge in [-0.15, -0.1) is 0 Å². The predicted octanol–water partition coefficient (Wildman–Crippen LogP) is 1.81. The zero-order valence-corrected chi connectivity index (χ0v) is 16.8. The maximum atomic E-state index is 15.0. The molecule has 0 saturated carbocycles. The fraction of sp³-hybridized carbons (Fsp3) is 0.300. The number of nitrogens with zero attached hydrogens (tertiary/aromatic N) is 4. The Labute approximate surface area is 175 Å². The number of benzene rings is 1. The Bertz CT molecular complexity index is 1290. The summed E-state index contributed by atoms with van der Waals surface area (Å²) in [6.07, 6.45) is 2.50. The number of halogens is 1. The number of nitrogens with one attached hydrogen (secondary N) is 2. The van der Waals surface area contributed by atoms with Crippen LogP contribution < -0.4 is 20.5 Å². The Hall–Kier alpha value is -3.57. The molecule has 5 rings (SSSR count). The minimum absolute atomic E-state index is 0.00718. The van der Waals surface area contributed by atoms with Crippen molar-refractivity contribution in [2.75, 3.05) is 19.0 Å². The fourth-order valence-corrected chi connectivity index (χ4v) is 3.76. The number of aryl methyl sites for hydroxylation is 1. The van der Waals surface area contributed by atoms with E-state index in [0.717, 1.165) is 0 Å². The van der Waals surface area contributed by atoms with Crippen molar-refractivity contribution in [3.05, 3.63) is 35.7 Å². The van der Waals surface area contributed by atoms with Crippen molar-refractivity contribution in [2.24, 2.45) is 5.73 Å². The van der Waals surface area contributed by atoms with Gasteiger partial charge < -0.3 is 30.6 Å². The van der Waals surface area contributed by atoms with Crippen molar-refractivity contribution < 1.29 is 19.0 Å². The summed E-state index contributed by atoms with van der Waals surface area (Å²) < 4.78 is 26.8. The third-order valence-corrected chi connectivity index (χ3v) is 5.32. The van der Waals surface area contributed by atoms with Crippen LogP contribution in [0.15, 0.2) is 18.5 Å². The second kappa shape index (κ2) is 7.29. The molecule has 4 aromatic rings. The van der Waals surface area contributed by atoms with Crippen LogP contribution in [0.3, 0.4) is 0 Å². The van der Waals surface area contributed by atoms with Crippen LogP contribution in [-0.2, 0) is 6.42 Å². The van der Waals surface area contributed by atoms with Crippen molar-refractivity contribution in [3.63, 3.8) is 0 Å². The van der Waals surface area contributed by atoms with Gasteiger partial charge in [-0.1, -0.05) is 0 Å². The van der Waals surface area contributed by atoms with Gasteiger partial charge in [-0.25, -0.2) is 14.4 Å². The fourth-order valence-electron chi connectivity index (χ4n) is 3.76. The van der Waals surface area contributed by atoms with Crippen molar-refractivity contribution in [3.8, 4) is 17.6 Å². The zero-order valence-electron chi connectivity index (χ0n) is 16.8. The van der Waals surface area contributed by atoms with Gasteiger partial charge in [-0.05, 0) is 13.0 Å². The van der Waals surface area contributed by atoms with E-state index in [-0.39, 0.29) is 24.9 Å². The molecule has 5 N–H and O–H groups in total. The lowest BCUT2D eigenvalue weighted by Crippen LogP contribution is -2.43. The molecule has 1 aromatic carbocycles. The smallest absolute Gasteiger partial charge is 0.327 e. The van der Waals surface area contributed by atoms with E-state index in [1.165, 1.54) is 18.5 Å². The van der Waals surface area contributed by atoms with Gasteiger partial charge in [0.15, 0.2) is 5.75 Å². The molecule has 2 atom stereocenters. The molecule has 0 fully saturated rings. The van der Waals surface area contributed by atoms with E-state index in [1.54, 1.807) is 14.0 Å². The number of H-pyrrole nitrogens is 1. The zero-order chi connectivity index (χ0) is 21.7. The molecule has 3 aromatic heterocycles. The predicted molar refractivity (Wildman–Crippen MR) is 111 cm³/mol. The SMILES string of the molecule is CNc1cc(F)c2c3c1[nH]c1nc(Oc4cnc(C)nc4)nc(c13)OC(C(N)CO)C2. The molecular weight excluding hydrogens is 405 g/mol. The first kappa shape index (κ1) is 19.4. The second-order valence-electron chi connectivity index (χ2n) is 7.32. The van der Waals surface area contributed by atoms with E-state index in [2.05, 4.69) is 30.2 Å². The lowest BCUT2D eigenvalue weighted by Gasteiger charge is -2.22. The molecule has 10 nitrogen and oxygen atoms in total. The number of hydrogen-bond donors (Lipinski definition) is 4. The van der Waals surface area contributed by atoms with Crippen LogP contribution in [0, 0.1) is 12.7 Å². The van der Waals surface area contributed by atoms with Crippen molar-refractivity contribution in [2.45, 2.75) is 25.5 Å². The first-order chi connectivity index (χ1) is 15.0. The molecule has 11 heteroatoms. The number of nitrogens with two attached hydrogens (primary N) is 1. The standard InChI is InChI=1S/C20H20FN7O3/c1-8-24-5-9(6-25-8)30-20-27-18-16-15-10(11(21)4-13(23-2)17(15)26-18)3-14(12(22)7-29)31-19(16)28-20/h4-6,12,14,23,29H,3,7,22H2,1-2H3,(H,26,27,28). The van der Waals surface area contributed by atoms with E-state index in [4.69, 9.17) is 15.2 Å². The Balaban J connectivity index is 1.73. The monoisotopic (exact) mass is 425 g/mol. The van der Waals surface area contributed by atoms with Crippen molar-refractivity contribution >= 4 is 27.6 Å². The van der Waals surface area contributed by atoms with Gasteiger partial charge >= 0.3 is 6.01 Å². The normalized spacial score (nSPS) is 16.4. The van der Waals surface area contributed by atoms with Crippen LogP contribution in [0.2, 0.25) is 0 Å². The molecule has 160 valence electrons. The molecule has 0 radical (unpaired) electrons. The molecule has 0 bridgehead atoms. The number of anilines is 1. The Morgan fingerprint density at radius 1 is 1.35 bits per heavy atom. The lowest BCUT2D eigenvalue weighted by atomic mass is 9.98. The Morgan fingerprint density at radius 3 is 2.84 bits per heavy atom. The molecule has 0 saturated heterocycles. The van der Waals surface area contributed by atoms with Crippen LogP contribution in [0.25, 0.3) is 21.9 Å². The highest BCUT2D eigenvalue weighted by Crippen LogP contribution is 2.42. The number of rotatable bonds is 5. The van der Waals surface area contributed by atoms with Crippen LogP contribution in [0.5, 0.6) is 17.6 Å². The number of aliphatic hydroxyl groups excluding tert-OH is 1. The van der Waals surface area contributed by atoms with Gasteiger partial charge in [0.1, 0.15) is 23.4 Å². The Morgan fingerprint density at radius 2 is 2.13 bits per heavy atom. The summed E-state index contributed by atoms with van der Waals surface area (Å²) in [6, 6.07) is 0.688.